The van der Waals surface area contributed by atoms with E-state index in [-0.39, 0.29) is 17.7 Å². The summed E-state index contributed by atoms with van der Waals surface area (Å²) in [4.78, 5) is 33.3. The van der Waals surface area contributed by atoms with Crippen molar-refractivity contribution in [2.24, 2.45) is 11.3 Å². The number of pyridine rings is 1. The molecule has 0 bridgehead atoms. The van der Waals surface area contributed by atoms with E-state index in [0.29, 0.717) is 38.4 Å². The third-order valence-electron chi connectivity index (χ3n) is 5.15. The summed E-state index contributed by atoms with van der Waals surface area (Å²) in [5.74, 6) is -0.0929. The molecule has 0 spiro atoms. The van der Waals surface area contributed by atoms with Crippen LogP contribution in [0.15, 0.2) is 18.3 Å². The molecular formula is C17H24N4O3. The van der Waals surface area contributed by atoms with E-state index < -0.39 is 5.41 Å². The Morgan fingerprint density at radius 3 is 2.96 bits per heavy atom. The van der Waals surface area contributed by atoms with E-state index in [2.05, 4.69) is 10.3 Å². The van der Waals surface area contributed by atoms with Gasteiger partial charge < -0.3 is 19.9 Å². The van der Waals surface area contributed by atoms with E-state index >= 15 is 0 Å². The third-order valence-corrected chi connectivity index (χ3v) is 5.15. The Morgan fingerprint density at radius 1 is 1.46 bits per heavy atom. The minimum Gasteiger partial charge on any atom is -0.381 e. The molecule has 2 amide bonds. The van der Waals surface area contributed by atoms with Crippen molar-refractivity contribution in [3.63, 3.8) is 0 Å². The number of likely N-dealkylation sites (tertiary alicyclic amines) is 1. The molecule has 2 saturated heterocycles. The summed E-state index contributed by atoms with van der Waals surface area (Å²) in [6.07, 6.45) is 2.29. The van der Waals surface area contributed by atoms with E-state index in [1.165, 1.54) is 0 Å². The lowest BCUT2D eigenvalue weighted by Crippen LogP contribution is -2.49. The van der Waals surface area contributed by atoms with Crippen molar-refractivity contribution < 1.29 is 14.3 Å². The van der Waals surface area contributed by atoms with Crippen LogP contribution in [0.4, 0.5) is 5.69 Å². The second kappa shape index (κ2) is 6.39. The van der Waals surface area contributed by atoms with Crippen molar-refractivity contribution in [3.8, 4) is 0 Å². The number of aromatic nitrogens is 1. The molecule has 2 aliphatic rings. The lowest BCUT2D eigenvalue weighted by molar-refractivity contribution is -0.138. The number of fused-ring (bicyclic) bond motifs is 1. The summed E-state index contributed by atoms with van der Waals surface area (Å²) in [5, 5.41) is 2.77. The van der Waals surface area contributed by atoms with E-state index in [1.54, 1.807) is 24.2 Å². The normalized spacial score (nSPS) is 26.0. The molecule has 3 rings (SSSR count). The minimum absolute atomic E-state index is 0.00102. The second-order valence-electron chi connectivity index (χ2n) is 6.74. The van der Waals surface area contributed by atoms with Crippen LogP contribution in [0.5, 0.6) is 0 Å². The highest BCUT2D eigenvalue weighted by Gasteiger charge is 2.54. The molecule has 0 aromatic carbocycles. The largest absolute Gasteiger partial charge is 0.381 e. The Labute approximate surface area is 142 Å². The zero-order valence-electron chi connectivity index (χ0n) is 14.4. The number of nitrogens with one attached hydrogen (secondary N) is 1. The van der Waals surface area contributed by atoms with Gasteiger partial charge in [-0.15, -0.1) is 0 Å². The monoisotopic (exact) mass is 332 g/mol. The maximum atomic E-state index is 12.9. The Kier molecular flexibility index (Phi) is 4.45. The predicted molar refractivity (Wildman–Crippen MR) is 89.9 cm³/mol. The number of amides is 2. The van der Waals surface area contributed by atoms with Gasteiger partial charge in [-0.1, -0.05) is 0 Å². The van der Waals surface area contributed by atoms with Gasteiger partial charge in [0.25, 0.3) is 5.91 Å². The second-order valence-corrected chi connectivity index (χ2v) is 6.74. The first-order valence-corrected chi connectivity index (χ1v) is 8.20. The topological polar surface area (TPSA) is 74.8 Å². The quantitative estimate of drug-likeness (QED) is 0.866. The molecule has 7 heteroatoms. The average molecular weight is 332 g/mol. The van der Waals surface area contributed by atoms with Gasteiger partial charge in [-0.2, -0.15) is 0 Å². The van der Waals surface area contributed by atoms with Crippen LogP contribution in [0.25, 0.3) is 0 Å². The molecule has 0 aliphatic carbocycles. The van der Waals surface area contributed by atoms with Crippen LogP contribution >= 0.6 is 0 Å². The molecule has 7 nitrogen and oxygen atoms in total. The first kappa shape index (κ1) is 16.7. The van der Waals surface area contributed by atoms with E-state index in [9.17, 15) is 9.59 Å². The van der Waals surface area contributed by atoms with Crippen molar-refractivity contribution in [2.45, 2.75) is 6.42 Å². The summed E-state index contributed by atoms with van der Waals surface area (Å²) < 4.78 is 5.55. The van der Waals surface area contributed by atoms with E-state index in [1.807, 2.05) is 25.1 Å². The smallest absolute Gasteiger partial charge is 0.272 e. The fraction of sp³-hybridized carbons (Fsp3) is 0.588. The first-order chi connectivity index (χ1) is 11.5. The van der Waals surface area contributed by atoms with Gasteiger partial charge in [0.05, 0.1) is 12.0 Å². The number of hydrogen-bond donors (Lipinski definition) is 1. The molecule has 2 fully saturated rings. The highest BCUT2D eigenvalue weighted by molar-refractivity contribution is 5.94. The van der Waals surface area contributed by atoms with Crippen molar-refractivity contribution in [1.29, 1.82) is 0 Å². The van der Waals surface area contributed by atoms with Crippen molar-refractivity contribution in [3.05, 3.63) is 24.0 Å². The molecule has 2 aliphatic heterocycles. The molecule has 2 atom stereocenters. The number of carbonyl (C=O) groups is 2. The molecule has 1 aromatic rings. The maximum Gasteiger partial charge on any atom is 0.272 e. The van der Waals surface area contributed by atoms with Crippen LogP contribution in [-0.2, 0) is 9.53 Å². The fourth-order valence-electron chi connectivity index (χ4n) is 3.70. The maximum absolute atomic E-state index is 12.9. The number of hydrogen-bond acceptors (Lipinski definition) is 5. The van der Waals surface area contributed by atoms with Crippen LogP contribution in [0.2, 0.25) is 0 Å². The summed E-state index contributed by atoms with van der Waals surface area (Å²) in [7, 11) is 5.49. The summed E-state index contributed by atoms with van der Waals surface area (Å²) in [6, 6.07) is 3.65. The summed E-state index contributed by atoms with van der Waals surface area (Å²) >= 11 is 0. The average Bonchev–Trinajstić information content (AvgIpc) is 3.01. The molecule has 130 valence electrons. The summed E-state index contributed by atoms with van der Waals surface area (Å²) in [6.45, 7) is 2.02. The highest BCUT2D eigenvalue weighted by Crippen LogP contribution is 2.42. The number of rotatable bonds is 3. The predicted octanol–water partition coefficient (Wildman–Crippen LogP) is 0.372. The minimum atomic E-state index is -0.540. The van der Waals surface area contributed by atoms with Gasteiger partial charge >= 0.3 is 0 Å². The zero-order valence-corrected chi connectivity index (χ0v) is 14.4. The molecule has 0 unspecified atom stereocenters. The van der Waals surface area contributed by atoms with Crippen molar-refractivity contribution in [1.82, 2.24) is 15.2 Å². The number of nitrogens with zero attached hydrogens (tertiary/aromatic N) is 3. The summed E-state index contributed by atoms with van der Waals surface area (Å²) in [5.41, 5.74) is 0.795. The standard InChI is InChI=1S/C17H24N4O3/c1-18-16(23)17-5-7-24-10-12(17)9-21(11-17)15(22)14-8-13(20(2)3)4-6-19-14/h4,6,8,12H,5,7,9-11H2,1-3H3,(H,18,23)/t12-,17+/m1/s1. The van der Waals surface area contributed by atoms with Gasteiger partial charge in [-0.25, -0.2) is 0 Å². The number of carbonyl (C=O) groups excluding carboxylic acids is 2. The molecule has 1 aromatic heterocycles. The zero-order chi connectivity index (χ0) is 17.3. The Balaban J connectivity index is 1.84. The number of ether oxygens (including phenoxy) is 1. The van der Waals surface area contributed by atoms with Crippen LogP contribution in [0.3, 0.4) is 0 Å². The molecule has 3 heterocycles. The van der Waals surface area contributed by atoms with Gasteiger partial charge in [0.15, 0.2) is 0 Å². The number of anilines is 1. The lowest BCUT2D eigenvalue weighted by atomic mass is 9.73. The molecule has 0 radical (unpaired) electrons. The molecular weight excluding hydrogens is 308 g/mol. The van der Waals surface area contributed by atoms with Crippen molar-refractivity contribution in [2.75, 3.05) is 52.3 Å². The van der Waals surface area contributed by atoms with Crippen LogP contribution in [0.1, 0.15) is 16.9 Å². The Bertz CT molecular complexity index is 648. The van der Waals surface area contributed by atoms with Crippen LogP contribution in [-0.4, -0.2) is 69.1 Å². The van der Waals surface area contributed by atoms with Gasteiger partial charge in [-0.05, 0) is 18.6 Å². The van der Waals surface area contributed by atoms with Crippen molar-refractivity contribution >= 4 is 17.5 Å². The first-order valence-electron chi connectivity index (χ1n) is 8.20. The molecule has 24 heavy (non-hydrogen) atoms. The third kappa shape index (κ3) is 2.73. The van der Waals surface area contributed by atoms with E-state index in [4.69, 9.17) is 4.74 Å². The van der Waals surface area contributed by atoms with Gasteiger partial charge in [0.1, 0.15) is 5.69 Å². The Morgan fingerprint density at radius 2 is 2.25 bits per heavy atom. The highest BCUT2D eigenvalue weighted by atomic mass is 16.5. The van der Waals surface area contributed by atoms with Gasteiger partial charge in [0, 0.05) is 58.6 Å². The van der Waals surface area contributed by atoms with E-state index in [0.717, 1.165) is 5.69 Å². The molecule has 1 N–H and O–H groups in total. The fourth-order valence-corrected chi connectivity index (χ4v) is 3.70. The van der Waals surface area contributed by atoms with Crippen LogP contribution < -0.4 is 10.2 Å². The lowest BCUT2D eigenvalue weighted by Gasteiger charge is -2.36. The van der Waals surface area contributed by atoms with Gasteiger partial charge in [0.2, 0.25) is 5.91 Å². The molecule has 0 saturated carbocycles. The van der Waals surface area contributed by atoms with Crippen LogP contribution in [0, 0.1) is 11.3 Å². The SMILES string of the molecule is CNC(=O)[C@]12CCOC[C@H]1CN(C(=O)c1cc(N(C)C)ccn1)C2. The Hall–Kier alpha value is -2.15. The van der Waals surface area contributed by atoms with Gasteiger partial charge in [-0.3, -0.25) is 14.6 Å².